The molecule has 0 saturated heterocycles. The Labute approximate surface area is 133 Å². The number of rotatable bonds is 3. The predicted molar refractivity (Wildman–Crippen MR) is 89.2 cm³/mol. The van der Waals surface area contributed by atoms with Gasteiger partial charge in [-0.3, -0.25) is 9.78 Å². The maximum absolute atomic E-state index is 11.2. The van der Waals surface area contributed by atoms with Gasteiger partial charge in [0, 0.05) is 48.6 Å². The molecule has 23 heavy (non-hydrogen) atoms. The highest BCUT2D eigenvalue weighted by atomic mass is 16.1. The molecule has 0 unspecified atom stereocenters. The fraction of sp³-hybridized carbons (Fsp3) is 0.188. The molecule has 0 bridgehead atoms. The molecule has 0 radical (unpaired) electrons. The summed E-state index contributed by atoms with van der Waals surface area (Å²) >= 11 is 0. The first kappa shape index (κ1) is 14.8. The lowest BCUT2D eigenvalue weighted by Gasteiger charge is -2.09. The number of fused-ring (bicyclic) bond motifs is 1. The van der Waals surface area contributed by atoms with Gasteiger partial charge in [-0.05, 0) is 19.1 Å². The van der Waals surface area contributed by atoms with Gasteiger partial charge in [-0.1, -0.05) is 0 Å². The first-order chi connectivity index (χ1) is 11.1. The summed E-state index contributed by atoms with van der Waals surface area (Å²) in [5, 5.41) is 6.47. The quantitative estimate of drug-likeness (QED) is 0.772. The smallest absolute Gasteiger partial charge is 0.224 e. The van der Waals surface area contributed by atoms with Gasteiger partial charge in [-0.2, -0.15) is 4.98 Å². The van der Waals surface area contributed by atoms with Crippen LogP contribution in [-0.2, 0) is 4.79 Å². The van der Waals surface area contributed by atoms with Crippen molar-refractivity contribution in [3.05, 3.63) is 36.4 Å². The van der Waals surface area contributed by atoms with Crippen molar-refractivity contribution >= 4 is 28.6 Å². The lowest BCUT2D eigenvalue weighted by molar-refractivity contribution is -0.114. The van der Waals surface area contributed by atoms with Crippen molar-refractivity contribution in [3.63, 3.8) is 0 Å². The van der Waals surface area contributed by atoms with Crippen molar-refractivity contribution in [2.24, 2.45) is 0 Å². The fourth-order valence-electron chi connectivity index (χ4n) is 2.29. The molecule has 7 nitrogen and oxygen atoms in total. The number of pyridine rings is 2. The second-order valence-corrected chi connectivity index (χ2v) is 5.12. The Morgan fingerprint density at radius 3 is 2.65 bits per heavy atom. The molecule has 0 aromatic carbocycles. The minimum atomic E-state index is -0.133. The molecule has 3 aromatic heterocycles. The highest BCUT2D eigenvalue weighted by Crippen LogP contribution is 2.26. The van der Waals surface area contributed by atoms with Gasteiger partial charge in [0.2, 0.25) is 11.9 Å². The lowest BCUT2D eigenvalue weighted by atomic mass is 10.1. The zero-order valence-corrected chi connectivity index (χ0v) is 13.1. The molecular formula is C16H16N6O. The molecule has 0 aliphatic carbocycles. The summed E-state index contributed by atoms with van der Waals surface area (Å²) in [7, 11) is 1.76. The third-order valence-electron chi connectivity index (χ3n) is 3.37. The Bertz CT molecular complexity index is 893. The molecule has 3 aromatic rings. The molecule has 0 atom stereocenters. The molecule has 116 valence electrons. The molecule has 0 saturated carbocycles. The van der Waals surface area contributed by atoms with Crippen LogP contribution in [0.3, 0.4) is 0 Å². The van der Waals surface area contributed by atoms with Crippen LogP contribution < -0.4 is 10.6 Å². The Balaban J connectivity index is 2.07. The summed E-state index contributed by atoms with van der Waals surface area (Å²) in [6.45, 7) is 3.38. The van der Waals surface area contributed by atoms with E-state index in [-0.39, 0.29) is 5.91 Å². The Morgan fingerprint density at radius 2 is 1.91 bits per heavy atom. The van der Waals surface area contributed by atoms with Crippen molar-refractivity contribution in [3.8, 4) is 11.1 Å². The average molecular weight is 308 g/mol. The van der Waals surface area contributed by atoms with Gasteiger partial charge in [-0.15, -0.1) is 0 Å². The van der Waals surface area contributed by atoms with E-state index in [2.05, 4.69) is 30.6 Å². The van der Waals surface area contributed by atoms with Crippen LogP contribution in [0.15, 0.2) is 30.7 Å². The maximum Gasteiger partial charge on any atom is 0.224 e. The van der Waals surface area contributed by atoms with Crippen LogP contribution in [-0.4, -0.2) is 32.9 Å². The number of amides is 1. The van der Waals surface area contributed by atoms with Crippen LogP contribution in [0.4, 0.5) is 11.6 Å². The molecule has 0 aliphatic heterocycles. The highest BCUT2D eigenvalue weighted by Gasteiger charge is 2.08. The van der Waals surface area contributed by atoms with Crippen LogP contribution in [0, 0.1) is 6.92 Å². The van der Waals surface area contributed by atoms with E-state index in [4.69, 9.17) is 0 Å². The highest BCUT2D eigenvalue weighted by molar-refractivity contribution is 5.90. The zero-order chi connectivity index (χ0) is 16.4. The number of aryl methyl sites for hydroxylation is 1. The van der Waals surface area contributed by atoms with Gasteiger partial charge in [0.05, 0.1) is 11.9 Å². The van der Waals surface area contributed by atoms with Crippen molar-refractivity contribution in [1.29, 1.82) is 0 Å². The molecule has 1 amide bonds. The largest absolute Gasteiger partial charge is 0.357 e. The normalized spacial score (nSPS) is 10.6. The van der Waals surface area contributed by atoms with Crippen molar-refractivity contribution < 1.29 is 4.79 Å². The summed E-state index contributed by atoms with van der Waals surface area (Å²) in [4.78, 5) is 28.4. The lowest BCUT2D eigenvalue weighted by Crippen LogP contribution is -2.06. The van der Waals surface area contributed by atoms with Crippen molar-refractivity contribution in [2.75, 3.05) is 17.7 Å². The van der Waals surface area contributed by atoms with Crippen molar-refractivity contribution in [2.45, 2.75) is 13.8 Å². The summed E-state index contributed by atoms with van der Waals surface area (Å²) in [5.74, 6) is 0.398. The number of aromatic nitrogens is 4. The van der Waals surface area contributed by atoms with Crippen LogP contribution in [0.2, 0.25) is 0 Å². The van der Waals surface area contributed by atoms with Gasteiger partial charge in [0.15, 0.2) is 5.65 Å². The SMILES string of the molecule is CNc1ncc2cc(-c3cc(NC(C)=O)cnc3C)cnc2n1. The molecule has 7 heteroatoms. The summed E-state index contributed by atoms with van der Waals surface area (Å²) < 4.78 is 0. The van der Waals surface area contributed by atoms with Crippen LogP contribution in [0.1, 0.15) is 12.6 Å². The zero-order valence-electron chi connectivity index (χ0n) is 13.1. The number of nitrogens with zero attached hydrogens (tertiary/aromatic N) is 4. The monoisotopic (exact) mass is 308 g/mol. The Kier molecular flexibility index (Phi) is 3.84. The number of anilines is 2. The van der Waals surface area contributed by atoms with E-state index in [0.29, 0.717) is 17.3 Å². The Hall–Kier alpha value is -3.09. The third kappa shape index (κ3) is 3.08. The molecule has 0 aliphatic rings. The van der Waals surface area contributed by atoms with Gasteiger partial charge in [-0.25, -0.2) is 9.97 Å². The molecule has 0 spiro atoms. The van der Waals surface area contributed by atoms with Gasteiger partial charge in [0.1, 0.15) is 0 Å². The first-order valence-electron chi connectivity index (χ1n) is 7.12. The number of nitrogens with one attached hydrogen (secondary N) is 2. The second-order valence-electron chi connectivity index (χ2n) is 5.12. The predicted octanol–water partition coefficient (Wildman–Crippen LogP) is 2.40. The van der Waals surface area contributed by atoms with E-state index in [1.807, 2.05) is 19.1 Å². The average Bonchev–Trinajstić information content (AvgIpc) is 2.55. The second kappa shape index (κ2) is 5.96. The van der Waals surface area contributed by atoms with Crippen LogP contribution in [0.5, 0.6) is 0 Å². The molecule has 3 heterocycles. The van der Waals surface area contributed by atoms with E-state index in [1.54, 1.807) is 25.6 Å². The number of hydrogen-bond acceptors (Lipinski definition) is 6. The van der Waals surface area contributed by atoms with Gasteiger partial charge in [0.25, 0.3) is 0 Å². The van der Waals surface area contributed by atoms with E-state index in [1.165, 1.54) is 6.92 Å². The minimum absolute atomic E-state index is 0.133. The van der Waals surface area contributed by atoms with E-state index >= 15 is 0 Å². The standard InChI is InChI=1S/C16H16N6O/c1-9-14(5-13(8-18-9)21-10(2)23)11-4-12-7-20-16(17-3)22-15(12)19-6-11/h4-8H,1-3H3,(H,21,23)(H,17,19,20,22). The maximum atomic E-state index is 11.2. The fourth-order valence-corrected chi connectivity index (χ4v) is 2.29. The summed E-state index contributed by atoms with van der Waals surface area (Å²) in [6.07, 6.45) is 5.11. The molecule has 0 fully saturated rings. The Morgan fingerprint density at radius 1 is 1.09 bits per heavy atom. The van der Waals surface area contributed by atoms with Crippen LogP contribution in [0.25, 0.3) is 22.2 Å². The van der Waals surface area contributed by atoms with E-state index in [0.717, 1.165) is 22.2 Å². The van der Waals surface area contributed by atoms with Gasteiger partial charge >= 0.3 is 0 Å². The third-order valence-corrected chi connectivity index (χ3v) is 3.37. The molecular weight excluding hydrogens is 292 g/mol. The van der Waals surface area contributed by atoms with Crippen molar-refractivity contribution in [1.82, 2.24) is 19.9 Å². The van der Waals surface area contributed by atoms with Gasteiger partial charge < -0.3 is 10.6 Å². The first-order valence-corrected chi connectivity index (χ1v) is 7.12. The van der Waals surface area contributed by atoms with E-state index < -0.39 is 0 Å². The number of carbonyl (C=O) groups is 1. The minimum Gasteiger partial charge on any atom is -0.357 e. The number of hydrogen-bond donors (Lipinski definition) is 2. The molecule has 2 N–H and O–H groups in total. The van der Waals surface area contributed by atoms with Crippen LogP contribution >= 0.6 is 0 Å². The molecule has 3 rings (SSSR count). The van der Waals surface area contributed by atoms with E-state index in [9.17, 15) is 4.79 Å². The summed E-state index contributed by atoms with van der Waals surface area (Å²) in [6, 6.07) is 3.85. The summed E-state index contributed by atoms with van der Waals surface area (Å²) in [5.41, 5.74) is 3.93. The topological polar surface area (TPSA) is 92.7 Å². The number of carbonyl (C=O) groups excluding carboxylic acids is 1.